The predicted octanol–water partition coefficient (Wildman–Crippen LogP) is 3.64. The average Bonchev–Trinajstić information content (AvgIpc) is 2.77. The van der Waals surface area contributed by atoms with Gasteiger partial charge in [-0.15, -0.1) is 0 Å². The van der Waals surface area contributed by atoms with Gasteiger partial charge >= 0.3 is 0 Å². The van der Waals surface area contributed by atoms with Crippen LogP contribution in [0.25, 0.3) is 0 Å². The molecule has 1 heterocycles. The fourth-order valence-electron chi connectivity index (χ4n) is 3.24. The van der Waals surface area contributed by atoms with Crippen LogP contribution in [-0.4, -0.2) is 43.1 Å². The van der Waals surface area contributed by atoms with E-state index in [0.717, 1.165) is 5.56 Å². The van der Waals surface area contributed by atoms with Gasteiger partial charge in [0.15, 0.2) is 5.78 Å². The molecule has 3 aromatic rings. The Hall–Kier alpha value is -3.10. The molecule has 1 aromatic heterocycles. The van der Waals surface area contributed by atoms with Gasteiger partial charge in [-0.3, -0.25) is 14.6 Å². The summed E-state index contributed by atoms with van der Waals surface area (Å²) in [6.07, 6.45) is 3.45. The molecule has 0 saturated heterocycles. The zero-order valence-electron chi connectivity index (χ0n) is 17.1. The van der Waals surface area contributed by atoms with E-state index in [1.165, 1.54) is 60.5 Å². The summed E-state index contributed by atoms with van der Waals surface area (Å²) in [6, 6.07) is 13.5. The molecule has 0 saturated carbocycles. The maximum absolute atomic E-state index is 13.2. The third-order valence-corrected chi connectivity index (χ3v) is 6.36. The maximum atomic E-state index is 13.2. The number of Topliss-reactive ketones (excluding diaryl/α,β-unsaturated/α-hetero) is 1. The van der Waals surface area contributed by atoms with Crippen molar-refractivity contribution in [2.75, 3.05) is 7.05 Å². The average molecular weight is 475 g/mol. The van der Waals surface area contributed by atoms with Crippen molar-refractivity contribution in [3.8, 4) is 0 Å². The Morgan fingerprint density at radius 2 is 1.69 bits per heavy atom. The lowest BCUT2D eigenvalue weighted by atomic mass is 9.97. The van der Waals surface area contributed by atoms with Crippen LogP contribution >= 0.6 is 10.7 Å². The van der Waals surface area contributed by atoms with Crippen molar-refractivity contribution in [2.45, 2.75) is 23.8 Å². The quantitative estimate of drug-likeness (QED) is 0.465. The fourth-order valence-corrected chi connectivity index (χ4v) is 4.01. The smallest absolute Gasteiger partial charge is 0.261 e. The van der Waals surface area contributed by atoms with Crippen LogP contribution in [0.3, 0.4) is 0 Å². The van der Waals surface area contributed by atoms with Gasteiger partial charge in [-0.05, 0) is 53.6 Å². The highest BCUT2D eigenvalue weighted by atomic mass is 35.7. The lowest BCUT2D eigenvalue weighted by Crippen LogP contribution is -2.44. The summed E-state index contributed by atoms with van der Waals surface area (Å²) in [5, 5.41) is 0. The molecule has 0 unspecified atom stereocenters. The summed E-state index contributed by atoms with van der Waals surface area (Å²) in [4.78, 5) is 31.5. The molecule has 166 valence electrons. The number of likely N-dealkylation sites (N-methyl/N-ethyl adjacent to an activating group) is 1. The third kappa shape index (κ3) is 5.99. The van der Waals surface area contributed by atoms with Gasteiger partial charge in [0.05, 0.1) is 10.9 Å². The predicted molar refractivity (Wildman–Crippen MR) is 118 cm³/mol. The van der Waals surface area contributed by atoms with Crippen molar-refractivity contribution >= 4 is 31.4 Å². The van der Waals surface area contributed by atoms with E-state index in [9.17, 15) is 22.4 Å². The number of hydrogen-bond acceptors (Lipinski definition) is 5. The van der Waals surface area contributed by atoms with E-state index in [-0.39, 0.29) is 29.1 Å². The van der Waals surface area contributed by atoms with Crippen molar-refractivity contribution in [3.05, 3.63) is 95.6 Å². The van der Waals surface area contributed by atoms with Crippen LogP contribution in [0.15, 0.2) is 78.0 Å². The standard InChI is InChI=1S/C23H20ClFN2O4S/c1-27(23(29)18-6-8-19(25)9-7-18)21(13-17-3-2-12-26-15-17)22(28)14-16-4-10-20(11-5-16)32(24,30)31/h2-12,15,21H,13-14H2,1H3/t21-/m0/s1. The molecule has 0 spiro atoms. The van der Waals surface area contributed by atoms with Gasteiger partial charge < -0.3 is 4.90 Å². The number of ketones is 1. The Balaban J connectivity index is 1.85. The molecule has 0 aliphatic heterocycles. The molecule has 1 atom stereocenters. The van der Waals surface area contributed by atoms with E-state index >= 15 is 0 Å². The molecule has 0 radical (unpaired) electrons. The van der Waals surface area contributed by atoms with Crippen LogP contribution in [0.2, 0.25) is 0 Å². The highest BCUT2D eigenvalue weighted by molar-refractivity contribution is 8.13. The van der Waals surface area contributed by atoms with Crippen LogP contribution in [0, 0.1) is 5.82 Å². The minimum Gasteiger partial charge on any atom is -0.331 e. The zero-order chi connectivity index (χ0) is 23.3. The number of pyridine rings is 1. The Labute approximate surface area is 190 Å². The van der Waals surface area contributed by atoms with Gasteiger partial charge in [0.2, 0.25) is 0 Å². The Morgan fingerprint density at radius 3 is 2.25 bits per heavy atom. The molecule has 3 rings (SSSR count). The first kappa shape index (κ1) is 23.6. The first-order valence-corrected chi connectivity index (χ1v) is 11.9. The van der Waals surface area contributed by atoms with E-state index in [1.54, 1.807) is 18.5 Å². The van der Waals surface area contributed by atoms with Gasteiger partial charge in [0, 0.05) is 48.5 Å². The van der Waals surface area contributed by atoms with Crippen molar-refractivity contribution in [1.82, 2.24) is 9.88 Å². The zero-order valence-corrected chi connectivity index (χ0v) is 18.7. The molecule has 0 N–H and O–H groups in total. The summed E-state index contributed by atoms with van der Waals surface area (Å²) >= 11 is 0. The van der Waals surface area contributed by atoms with Crippen LogP contribution in [0.5, 0.6) is 0 Å². The van der Waals surface area contributed by atoms with Gasteiger partial charge in [0.1, 0.15) is 5.82 Å². The Morgan fingerprint density at radius 1 is 1.03 bits per heavy atom. The molecule has 6 nitrogen and oxygen atoms in total. The number of carbonyl (C=O) groups excluding carboxylic acids is 2. The van der Waals surface area contributed by atoms with Gasteiger partial charge in [-0.2, -0.15) is 0 Å². The number of hydrogen-bond donors (Lipinski definition) is 0. The largest absolute Gasteiger partial charge is 0.331 e. The number of aromatic nitrogens is 1. The fraction of sp³-hybridized carbons (Fsp3) is 0.174. The molecule has 32 heavy (non-hydrogen) atoms. The van der Waals surface area contributed by atoms with Crippen LogP contribution in [0.1, 0.15) is 21.5 Å². The number of nitrogens with zero attached hydrogens (tertiary/aromatic N) is 2. The van der Waals surface area contributed by atoms with E-state index < -0.39 is 26.8 Å². The van der Waals surface area contributed by atoms with E-state index in [1.807, 2.05) is 6.07 Å². The topological polar surface area (TPSA) is 84.4 Å². The van der Waals surface area contributed by atoms with Crippen LogP contribution < -0.4 is 0 Å². The highest BCUT2D eigenvalue weighted by Crippen LogP contribution is 2.18. The lowest BCUT2D eigenvalue weighted by Gasteiger charge is -2.27. The van der Waals surface area contributed by atoms with Crippen molar-refractivity contribution in [1.29, 1.82) is 0 Å². The first-order chi connectivity index (χ1) is 15.1. The van der Waals surface area contributed by atoms with Crippen LogP contribution in [-0.2, 0) is 26.7 Å². The lowest BCUT2D eigenvalue weighted by molar-refractivity contribution is -0.122. The molecule has 9 heteroatoms. The van der Waals surface area contributed by atoms with E-state index in [2.05, 4.69) is 4.98 Å². The second-order valence-corrected chi connectivity index (χ2v) is 9.79. The minimum atomic E-state index is -3.86. The number of carbonyl (C=O) groups is 2. The second-order valence-electron chi connectivity index (χ2n) is 7.23. The molecule has 0 fully saturated rings. The minimum absolute atomic E-state index is 0.0193. The number of rotatable bonds is 8. The number of amides is 1. The maximum Gasteiger partial charge on any atom is 0.261 e. The first-order valence-electron chi connectivity index (χ1n) is 9.63. The summed E-state index contributed by atoms with van der Waals surface area (Å²) < 4.78 is 36.1. The Bertz CT molecular complexity index is 1200. The monoisotopic (exact) mass is 474 g/mol. The van der Waals surface area contributed by atoms with E-state index in [4.69, 9.17) is 10.7 Å². The van der Waals surface area contributed by atoms with Crippen molar-refractivity contribution in [2.24, 2.45) is 0 Å². The summed E-state index contributed by atoms with van der Waals surface area (Å²) in [5.74, 6) is -1.13. The molecular formula is C23H20ClFN2O4S. The number of halogens is 2. The molecular weight excluding hydrogens is 455 g/mol. The summed E-state index contributed by atoms with van der Waals surface area (Å²) in [6.45, 7) is 0. The van der Waals surface area contributed by atoms with Crippen molar-refractivity contribution < 1.29 is 22.4 Å². The summed E-state index contributed by atoms with van der Waals surface area (Å²) in [5.41, 5.74) is 1.61. The van der Waals surface area contributed by atoms with Crippen molar-refractivity contribution in [3.63, 3.8) is 0 Å². The second kappa shape index (κ2) is 10.0. The molecule has 0 aliphatic carbocycles. The van der Waals surface area contributed by atoms with Gasteiger partial charge in [-0.25, -0.2) is 12.8 Å². The van der Waals surface area contributed by atoms with Crippen LogP contribution in [0.4, 0.5) is 4.39 Å². The molecule has 0 aliphatic rings. The normalized spacial score (nSPS) is 12.2. The summed E-state index contributed by atoms with van der Waals surface area (Å²) in [7, 11) is 2.99. The third-order valence-electron chi connectivity index (χ3n) is 4.99. The SMILES string of the molecule is CN(C(=O)c1ccc(F)cc1)[C@@H](Cc1cccnc1)C(=O)Cc1ccc(S(=O)(=O)Cl)cc1. The molecule has 0 bridgehead atoms. The van der Waals surface area contributed by atoms with Gasteiger partial charge in [-0.1, -0.05) is 18.2 Å². The van der Waals surface area contributed by atoms with Gasteiger partial charge in [0.25, 0.3) is 15.0 Å². The Kier molecular flexibility index (Phi) is 7.37. The highest BCUT2D eigenvalue weighted by Gasteiger charge is 2.28. The van der Waals surface area contributed by atoms with E-state index in [0.29, 0.717) is 5.56 Å². The molecule has 2 aromatic carbocycles. The molecule has 1 amide bonds. The number of benzene rings is 2.